The fourth-order valence-electron chi connectivity index (χ4n) is 2.17. The molecular formula is C15H12N2O5. The SMILES string of the molecule is CC(=O)ON1c2ncccc2C(=O)OC1c1ccccc1O. The van der Waals surface area contributed by atoms with Crippen molar-refractivity contribution in [2.45, 2.75) is 13.2 Å². The number of para-hydroxylation sites is 1. The van der Waals surface area contributed by atoms with Gasteiger partial charge in [-0.15, -0.1) is 5.06 Å². The van der Waals surface area contributed by atoms with Crippen LogP contribution in [0.1, 0.15) is 29.1 Å². The van der Waals surface area contributed by atoms with E-state index in [-0.39, 0.29) is 22.7 Å². The normalized spacial score (nSPS) is 16.7. The van der Waals surface area contributed by atoms with Gasteiger partial charge >= 0.3 is 11.9 Å². The zero-order valence-corrected chi connectivity index (χ0v) is 11.6. The van der Waals surface area contributed by atoms with Gasteiger partial charge in [-0.1, -0.05) is 12.1 Å². The predicted molar refractivity (Wildman–Crippen MR) is 74.7 cm³/mol. The Morgan fingerprint density at radius 1 is 1.32 bits per heavy atom. The second-order valence-electron chi connectivity index (χ2n) is 4.60. The van der Waals surface area contributed by atoms with E-state index in [0.717, 1.165) is 5.06 Å². The van der Waals surface area contributed by atoms with Crippen molar-refractivity contribution in [3.8, 4) is 5.75 Å². The van der Waals surface area contributed by atoms with Crippen molar-refractivity contribution in [1.82, 2.24) is 4.98 Å². The summed E-state index contributed by atoms with van der Waals surface area (Å²) < 4.78 is 5.30. The number of cyclic esters (lactones) is 1. The van der Waals surface area contributed by atoms with Crippen molar-refractivity contribution in [2.75, 3.05) is 5.06 Å². The molecule has 1 aromatic heterocycles. The summed E-state index contributed by atoms with van der Waals surface area (Å²) in [6, 6.07) is 9.41. The first-order chi connectivity index (χ1) is 10.6. The van der Waals surface area contributed by atoms with Crippen LogP contribution in [0.3, 0.4) is 0 Å². The Kier molecular flexibility index (Phi) is 3.38. The second-order valence-corrected chi connectivity index (χ2v) is 4.60. The van der Waals surface area contributed by atoms with Gasteiger partial charge in [0.25, 0.3) is 0 Å². The fraction of sp³-hybridized carbons (Fsp3) is 0.133. The summed E-state index contributed by atoms with van der Waals surface area (Å²) in [5.74, 6) is -1.14. The van der Waals surface area contributed by atoms with Gasteiger partial charge in [-0.05, 0) is 24.3 Å². The minimum atomic E-state index is -1.11. The molecule has 1 aliphatic heterocycles. The van der Waals surface area contributed by atoms with Gasteiger partial charge in [0, 0.05) is 13.1 Å². The highest BCUT2D eigenvalue weighted by atomic mass is 16.7. The van der Waals surface area contributed by atoms with Gasteiger partial charge in [-0.25, -0.2) is 9.78 Å². The zero-order valence-electron chi connectivity index (χ0n) is 11.6. The van der Waals surface area contributed by atoms with Gasteiger partial charge in [0.1, 0.15) is 11.3 Å². The average Bonchev–Trinajstić information content (AvgIpc) is 2.50. The van der Waals surface area contributed by atoms with Crippen molar-refractivity contribution in [3.05, 3.63) is 53.7 Å². The molecule has 0 radical (unpaired) electrons. The Balaban J connectivity index is 2.12. The van der Waals surface area contributed by atoms with E-state index in [9.17, 15) is 14.7 Å². The van der Waals surface area contributed by atoms with Crippen LogP contribution in [0.15, 0.2) is 42.6 Å². The number of carbonyl (C=O) groups is 2. The second kappa shape index (κ2) is 5.36. The summed E-state index contributed by atoms with van der Waals surface area (Å²) in [6.45, 7) is 1.22. The van der Waals surface area contributed by atoms with Crippen molar-refractivity contribution >= 4 is 17.8 Å². The molecule has 112 valence electrons. The molecule has 7 nitrogen and oxygen atoms in total. The maximum absolute atomic E-state index is 12.1. The van der Waals surface area contributed by atoms with Crippen LogP contribution < -0.4 is 5.06 Å². The molecule has 2 heterocycles. The van der Waals surface area contributed by atoms with E-state index < -0.39 is 18.2 Å². The number of ether oxygens (including phenoxy) is 1. The third kappa shape index (κ3) is 2.32. The minimum Gasteiger partial charge on any atom is -0.507 e. The number of rotatable bonds is 2. The molecule has 3 rings (SSSR count). The van der Waals surface area contributed by atoms with E-state index in [2.05, 4.69) is 4.98 Å². The molecule has 1 aromatic carbocycles. The maximum atomic E-state index is 12.1. The zero-order chi connectivity index (χ0) is 15.7. The summed E-state index contributed by atoms with van der Waals surface area (Å²) >= 11 is 0. The van der Waals surface area contributed by atoms with E-state index in [4.69, 9.17) is 9.57 Å². The van der Waals surface area contributed by atoms with E-state index in [1.807, 2.05) is 0 Å². The first-order valence-electron chi connectivity index (χ1n) is 6.49. The van der Waals surface area contributed by atoms with E-state index in [0.29, 0.717) is 0 Å². The molecule has 0 saturated heterocycles. The largest absolute Gasteiger partial charge is 0.507 e. The highest BCUT2D eigenvalue weighted by molar-refractivity contribution is 5.96. The number of benzene rings is 1. The standard InChI is InChI=1S/C15H12N2O5/c1-9(18)22-17-13-11(6-4-8-16-13)15(20)21-14(17)10-5-2-3-7-12(10)19/h2-8,14,19H,1H3. The number of nitrogens with zero attached hydrogens (tertiary/aromatic N) is 2. The maximum Gasteiger partial charge on any atom is 0.344 e. The number of carbonyl (C=O) groups excluding carboxylic acids is 2. The van der Waals surface area contributed by atoms with E-state index in [1.165, 1.54) is 25.3 Å². The molecule has 1 N–H and O–H groups in total. The highest BCUT2D eigenvalue weighted by Gasteiger charge is 2.38. The van der Waals surface area contributed by atoms with E-state index >= 15 is 0 Å². The molecule has 7 heteroatoms. The summed E-state index contributed by atoms with van der Waals surface area (Å²) in [4.78, 5) is 32.7. The van der Waals surface area contributed by atoms with Crippen LogP contribution >= 0.6 is 0 Å². The Labute approximate surface area is 125 Å². The third-order valence-corrected chi connectivity index (χ3v) is 3.08. The number of aromatic nitrogens is 1. The Morgan fingerprint density at radius 2 is 2.09 bits per heavy atom. The van der Waals surface area contributed by atoms with Crippen molar-refractivity contribution in [3.63, 3.8) is 0 Å². The number of hydroxylamine groups is 1. The first-order valence-corrected chi connectivity index (χ1v) is 6.49. The molecule has 1 aliphatic rings. The molecule has 0 fully saturated rings. The van der Waals surface area contributed by atoms with Crippen LogP contribution in [0.25, 0.3) is 0 Å². The predicted octanol–water partition coefficient (Wildman–Crippen LogP) is 1.94. The van der Waals surface area contributed by atoms with Crippen LogP contribution in [0.2, 0.25) is 0 Å². The van der Waals surface area contributed by atoms with Crippen molar-refractivity contribution < 1.29 is 24.3 Å². The van der Waals surface area contributed by atoms with Crippen LogP contribution in [0.5, 0.6) is 5.75 Å². The molecule has 2 aromatic rings. The lowest BCUT2D eigenvalue weighted by atomic mass is 10.1. The van der Waals surface area contributed by atoms with Gasteiger partial charge in [0.15, 0.2) is 5.82 Å². The third-order valence-electron chi connectivity index (χ3n) is 3.08. The molecule has 0 spiro atoms. The molecule has 22 heavy (non-hydrogen) atoms. The van der Waals surface area contributed by atoms with Crippen LogP contribution in [-0.4, -0.2) is 22.0 Å². The van der Waals surface area contributed by atoms with Gasteiger partial charge in [-0.2, -0.15) is 0 Å². The average molecular weight is 300 g/mol. The van der Waals surface area contributed by atoms with Crippen LogP contribution in [0.4, 0.5) is 5.82 Å². The lowest BCUT2D eigenvalue weighted by Crippen LogP contribution is -2.39. The lowest BCUT2D eigenvalue weighted by molar-refractivity contribution is -0.148. The molecule has 0 bridgehead atoms. The van der Waals surface area contributed by atoms with Gasteiger partial charge < -0.3 is 14.7 Å². The number of anilines is 1. The molecule has 0 amide bonds. The van der Waals surface area contributed by atoms with Crippen molar-refractivity contribution in [1.29, 1.82) is 0 Å². The number of fused-ring (bicyclic) bond motifs is 1. The molecule has 1 unspecified atom stereocenters. The minimum absolute atomic E-state index is 0.0863. The summed E-state index contributed by atoms with van der Waals surface area (Å²) in [5.41, 5.74) is 0.462. The Morgan fingerprint density at radius 3 is 2.82 bits per heavy atom. The number of pyridine rings is 1. The smallest absolute Gasteiger partial charge is 0.344 e. The molecule has 0 saturated carbocycles. The quantitative estimate of drug-likeness (QED) is 0.848. The molecule has 0 aliphatic carbocycles. The van der Waals surface area contributed by atoms with Crippen LogP contribution in [-0.2, 0) is 14.4 Å². The Bertz CT molecular complexity index is 746. The monoisotopic (exact) mass is 300 g/mol. The van der Waals surface area contributed by atoms with Gasteiger partial charge in [0.2, 0.25) is 6.23 Å². The number of phenols is 1. The first kappa shape index (κ1) is 13.9. The number of esters is 1. The summed E-state index contributed by atoms with van der Waals surface area (Å²) in [7, 11) is 0. The summed E-state index contributed by atoms with van der Waals surface area (Å²) in [6.07, 6.45) is 0.357. The number of hydrogen-bond acceptors (Lipinski definition) is 7. The van der Waals surface area contributed by atoms with Gasteiger partial charge in [-0.3, -0.25) is 4.79 Å². The van der Waals surface area contributed by atoms with Crippen LogP contribution in [0, 0.1) is 0 Å². The number of phenolic OH excluding ortho intramolecular Hbond substituents is 1. The summed E-state index contributed by atoms with van der Waals surface area (Å²) in [5, 5.41) is 11.0. The lowest BCUT2D eigenvalue weighted by Gasteiger charge is -2.34. The van der Waals surface area contributed by atoms with Gasteiger partial charge in [0.05, 0.1) is 5.56 Å². The number of hydrogen-bond donors (Lipinski definition) is 1. The Hall–Kier alpha value is -3.09. The fourth-order valence-corrected chi connectivity index (χ4v) is 2.17. The highest BCUT2D eigenvalue weighted by Crippen LogP contribution is 2.38. The van der Waals surface area contributed by atoms with E-state index in [1.54, 1.807) is 24.3 Å². The number of aromatic hydroxyl groups is 1. The van der Waals surface area contributed by atoms with Crippen molar-refractivity contribution in [2.24, 2.45) is 0 Å². The topological polar surface area (TPSA) is 89.0 Å². The molecular weight excluding hydrogens is 288 g/mol. The molecule has 1 atom stereocenters.